The van der Waals surface area contributed by atoms with Crippen LogP contribution in [0.2, 0.25) is 0 Å². The van der Waals surface area contributed by atoms with E-state index < -0.39 is 16.7 Å². The fraction of sp³-hybridized carbons (Fsp3) is 0.385. The van der Waals surface area contributed by atoms with Gasteiger partial charge >= 0.3 is 0 Å². The zero-order valence-electron chi connectivity index (χ0n) is 21.2. The van der Waals surface area contributed by atoms with Crippen molar-refractivity contribution in [1.82, 2.24) is 14.7 Å². The summed E-state index contributed by atoms with van der Waals surface area (Å²) in [7, 11) is 3.02. The third-order valence-corrected chi connectivity index (χ3v) is 6.70. The molecule has 0 saturated carbocycles. The number of nitro benzene ring substituents is 1. The number of nitrogens with zero attached hydrogens (tertiary/aromatic N) is 4. The number of carbonyl (C=O) groups excluding carboxylic acids is 4. The molecule has 1 fully saturated rings. The highest BCUT2D eigenvalue weighted by molar-refractivity contribution is 6.21. The molecule has 0 N–H and O–H groups in total. The predicted octanol–water partition coefficient (Wildman–Crippen LogP) is 2.36. The van der Waals surface area contributed by atoms with Crippen LogP contribution in [0.25, 0.3) is 0 Å². The van der Waals surface area contributed by atoms with Crippen LogP contribution in [-0.4, -0.2) is 90.2 Å². The lowest BCUT2D eigenvalue weighted by atomic mass is 10.1. The topological polar surface area (TPSA) is 140 Å². The van der Waals surface area contributed by atoms with Gasteiger partial charge in [0.2, 0.25) is 5.91 Å². The second-order valence-electron chi connectivity index (χ2n) is 8.95. The summed E-state index contributed by atoms with van der Waals surface area (Å²) in [4.78, 5) is 65.9. The van der Waals surface area contributed by atoms with E-state index in [1.54, 1.807) is 28.0 Å². The Morgan fingerprint density at radius 3 is 2.29 bits per heavy atom. The van der Waals surface area contributed by atoms with E-state index >= 15 is 0 Å². The zero-order valence-corrected chi connectivity index (χ0v) is 21.2. The van der Waals surface area contributed by atoms with Crippen LogP contribution in [0, 0.1) is 10.1 Å². The minimum absolute atomic E-state index is 0.00211. The van der Waals surface area contributed by atoms with Crippen molar-refractivity contribution in [2.24, 2.45) is 0 Å². The molecule has 38 heavy (non-hydrogen) atoms. The second kappa shape index (κ2) is 11.3. The number of non-ortho nitro benzene ring substituents is 1. The van der Waals surface area contributed by atoms with E-state index in [9.17, 15) is 29.3 Å². The molecular weight excluding hydrogens is 496 g/mol. The van der Waals surface area contributed by atoms with E-state index in [-0.39, 0.29) is 48.0 Å². The van der Waals surface area contributed by atoms with Gasteiger partial charge in [-0.2, -0.15) is 0 Å². The molecule has 1 saturated heterocycles. The molecule has 0 atom stereocenters. The third-order valence-electron chi connectivity index (χ3n) is 6.70. The van der Waals surface area contributed by atoms with Crippen molar-refractivity contribution in [2.45, 2.75) is 19.3 Å². The second-order valence-corrected chi connectivity index (χ2v) is 8.95. The molecule has 12 heteroatoms. The molecule has 4 rings (SSSR count). The summed E-state index contributed by atoms with van der Waals surface area (Å²) in [6.45, 7) is 1.76. The van der Waals surface area contributed by atoms with Gasteiger partial charge in [-0.15, -0.1) is 0 Å². The van der Waals surface area contributed by atoms with E-state index in [2.05, 4.69) is 0 Å². The van der Waals surface area contributed by atoms with Gasteiger partial charge in [0, 0.05) is 56.8 Å². The molecule has 4 amide bonds. The first-order valence-electron chi connectivity index (χ1n) is 12.2. The highest BCUT2D eigenvalue weighted by Gasteiger charge is 2.36. The molecule has 0 aromatic heterocycles. The summed E-state index contributed by atoms with van der Waals surface area (Å²) in [6.07, 6.45) is 0.996. The number of benzene rings is 2. The Morgan fingerprint density at radius 1 is 0.895 bits per heavy atom. The molecule has 12 nitrogen and oxygen atoms in total. The Hall–Kier alpha value is -4.48. The highest BCUT2D eigenvalue weighted by Crippen LogP contribution is 2.29. The normalized spacial score (nSPS) is 15.3. The molecule has 0 aliphatic carbocycles. The minimum Gasteiger partial charge on any atom is -0.493 e. The lowest BCUT2D eigenvalue weighted by Gasteiger charge is -2.23. The van der Waals surface area contributed by atoms with Crippen LogP contribution in [0.15, 0.2) is 36.4 Å². The Bertz CT molecular complexity index is 1290. The third kappa shape index (κ3) is 5.29. The maximum atomic E-state index is 13.0. The number of carbonyl (C=O) groups is 4. The molecular formula is C26H28N4O8. The lowest BCUT2D eigenvalue weighted by Crippen LogP contribution is -2.38. The Labute approximate surface area is 218 Å². The van der Waals surface area contributed by atoms with Crippen molar-refractivity contribution in [3.8, 4) is 11.5 Å². The van der Waals surface area contributed by atoms with E-state index in [1.807, 2.05) is 0 Å². The van der Waals surface area contributed by atoms with Crippen molar-refractivity contribution in [2.75, 3.05) is 46.9 Å². The van der Waals surface area contributed by atoms with E-state index in [1.165, 1.54) is 26.4 Å². The van der Waals surface area contributed by atoms with Crippen LogP contribution in [0.4, 0.5) is 5.69 Å². The number of methoxy groups -OCH3 is 2. The van der Waals surface area contributed by atoms with Gasteiger partial charge in [-0.1, -0.05) is 0 Å². The van der Waals surface area contributed by atoms with E-state index in [0.29, 0.717) is 49.7 Å². The summed E-state index contributed by atoms with van der Waals surface area (Å²) >= 11 is 0. The first kappa shape index (κ1) is 26.6. The number of imide groups is 1. The van der Waals surface area contributed by atoms with Gasteiger partial charge in [0.25, 0.3) is 23.4 Å². The quantitative estimate of drug-likeness (QED) is 0.291. The molecule has 2 heterocycles. The van der Waals surface area contributed by atoms with Crippen LogP contribution in [0.3, 0.4) is 0 Å². The Kier molecular flexibility index (Phi) is 7.89. The van der Waals surface area contributed by atoms with Crippen molar-refractivity contribution < 1.29 is 33.6 Å². The van der Waals surface area contributed by atoms with E-state index in [0.717, 1.165) is 11.0 Å². The summed E-state index contributed by atoms with van der Waals surface area (Å²) < 4.78 is 10.5. The van der Waals surface area contributed by atoms with Crippen LogP contribution < -0.4 is 9.47 Å². The average molecular weight is 525 g/mol. The van der Waals surface area contributed by atoms with Crippen LogP contribution >= 0.6 is 0 Å². The smallest absolute Gasteiger partial charge is 0.270 e. The predicted molar refractivity (Wildman–Crippen MR) is 134 cm³/mol. The summed E-state index contributed by atoms with van der Waals surface area (Å²) in [5.41, 5.74) is 0.330. The summed E-state index contributed by atoms with van der Waals surface area (Å²) in [5, 5.41) is 11.0. The lowest BCUT2D eigenvalue weighted by molar-refractivity contribution is -0.384. The largest absolute Gasteiger partial charge is 0.493 e. The molecule has 2 aliphatic heterocycles. The maximum Gasteiger partial charge on any atom is 0.270 e. The number of amides is 4. The van der Waals surface area contributed by atoms with Gasteiger partial charge in [-0.25, -0.2) is 0 Å². The van der Waals surface area contributed by atoms with Crippen molar-refractivity contribution in [1.29, 1.82) is 0 Å². The van der Waals surface area contributed by atoms with Crippen LogP contribution in [0.1, 0.15) is 50.3 Å². The van der Waals surface area contributed by atoms with E-state index in [4.69, 9.17) is 9.47 Å². The molecule has 0 bridgehead atoms. The number of fused-ring (bicyclic) bond motifs is 1. The minimum atomic E-state index is -0.622. The number of ether oxygens (including phenoxy) is 2. The summed E-state index contributed by atoms with van der Waals surface area (Å²) in [6, 6.07) is 8.56. The van der Waals surface area contributed by atoms with Gasteiger partial charge in [0.05, 0.1) is 30.3 Å². The standard InChI is InChI=1S/C26H28N4O8/c1-37-21-9-6-17(15-22(21)38-2)24(32)28-11-4-10-27(13-14-28)23(31)5-3-12-29-25(33)19-8-7-18(30(35)36)16-20(19)26(29)34/h6-9,15-16H,3-5,10-14H2,1-2H3. The first-order valence-corrected chi connectivity index (χ1v) is 12.2. The van der Waals surface area contributed by atoms with Crippen molar-refractivity contribution in [3.05, 3.63) is 63.2 Å². The fourth-order valence-corrected chi connectivity index (χ4v) is 4.66. The Balaban J connectivity index is 1.30. The molecule has 2 aliphatic rings. The number of hydrogen-bond donors (Lipinski definition) is 0. The van der Waals surface area contributed by atoms with Gasteiger partial charge < -0.3 is 19.3 Å². The number of nitro groups is 1. The van der Waals surface area contributed by atoms with Crippen LogP contribution in [0.5, 0.6) is 11.5 Å². The van der Waals surface area contributed by atoms with Crippen molar-refractivity contribution >= 4 is 29.3 Å². The van der Waals surface area contributed by atoms with Gasteiger partial charge in [0.15, 0.2) is 11.5 Å². The van der Waals surface area contributed by atoms with Crippen molar-refractivity contribution in [3.63, 3.8) is 0 Å². The monoisotopic (exact) mass is 524 g/mol. The van der Waals surface area contributed by atoms with Gasteiger partial charge in [0.1, 0.15) is 0 Å². The SMILES string of the molecule is COc1ccc(C(=O)N2CCCN(C(=O)CCCN3C(=O)c4ccc([N+](=O)[O-])cc4C3=O)CC2)cc1OC. The average Bonchev–Trinajstić information content (AvgIpc) is 3.08. The molecule has 0 spiro atoms. The summed E-state index contributed by atoms with van der Waals surface area (Å²) in [5.74, 6) is -0.420. The maximum absolute atomic E-state index is 13.0. The molecule has 0 unspecified atom stereocenters. The van der Waals surface area contributed by atoms with Crippen LogP contribution in [-0.2, 0) is 4.79 Å². The fourth-order valence-electron chi connectivity index (χ4n) is 4.66. The molecule has 200 valence electrons. The highest BCUT2D eigenvalue weighted by atomic mass is 16.6. The first-order chi connectivity index (χ1) is 18.2. The van der Waals surface area contributed by atoms with Gasteiger partial charge in [-0.3, -0.25) is 34.2 Å². The molecule has 2 aromatic carbocycles. The number of rotatable bonds is 8. The molecule has 2 aromatic rings. The zero-order chi connectivity index (χ0) is 27.4. The molecule has 0 radical (unpaired) electrons. The van der Waals surface area contributed by atoms with Gasteiger partial charge in [-0.05, 0) is 37.1 Å². The number of hydrogen-bond acceptors (Lipinski definition) is 8. The Morgan fingerprint density at radius 2 is 1.58 bits per heavy atom.